The Hall–Kier alpha value is -2.81. The number of rotatable bonds is 2. The first-order valence-electron chi connectivity index (χ1n) is 12.4. The summed E-state index contributed by atoms with van der Waals surface area (Å²) in [7, 11) is 0. The first-order chi connectivity index (χ1) is 16.7. The van der Waals surface area contributed by atoms with Gasteiger partial charge < -0.3 is 10.1 Å². The molecule has 0 saturated heterocycles. The van der Waals surface area contributed by atoms with Gasteiger partial charge in [0.25, 0.3) is 0 Å². The number of aryl methyl sites for hydroxylation is 3. The van der Waals surface area contributed by atoms with Crippen molar-refractivity contribution in [1.82, 2.24) is 4.98 Å². The number of ketones is 1. The third-order valence-corrected chi connectivity index (χ3v) is 6.17. The van der Waals surface area contributed by atoms with Crippen LogP contribution in [-0.4, -0.2) is 15.9 Å². The largest absolute Gasteiger partial charge is 0.512 e. The summed E-state index contributed by atoms with van der Waals surface area (Å²) < 4.78 is 0. The van der Waals surface area contributed by atoms with Crippen LogP contribution in [0.25, 0.3) is 32.8 Å². The minimum atomic E-state index is -0.417. The molecule has 4 rings (SSSR count). The third-order valence-electron chi connectivity index (χ3n) is 6.17. The fourth-order valence-electron chi connectivity index (χ4n) is 4.03. The van der Waals surface area contributed by atoms with E-state index >= 15 is 0 Å². The smallest absolute Gasteiger partial charge is 0.164 e. The van der Waals surface area contributed by atoms with Gasteiger partial charge in [0, 0.05) is 43.2 Å². The number of carbonyl (C=O) groups is 1. The molecule has 0 saturated carbocycles. The number of hydrogen-bond donors (Lipinski definition) is 1. The third kappa shape index (κ3) is 7.37. The molecule has 0 atom stereocenters. The quantitative estimate of drug-likeness (QED) is 0.100. The van der Waals surface area contributed by atoms with Gasteiger partial charge in [-0.15, -0.1) is 34.9 Å². The zero-order valence-corrected chi connectivity index (χ0v) is 25.8. The average molecular weight is 673 g/mol. The van der Waals surface area contributed by atoms with Gasteiger partial charge >= 0.3 is 0 Å². The van der Waals surface area contributed by atoms with Gasteiger partial charge in [-0.1, -0.05) is 85.7 Å². The number of nitrogens with zero attached hydrogens (tertiary/aromatic N) is 1. The molecule has 0 spiro atoms. The van der Waals surface area contributed by atoms with Crippen LogP contribution in [0.15, 0.2) is 66.6 Å². The molecule has 0 amide bonds. The second-order valence-electron chi connectivity index (χ2n) is 11.6. The van der Waals surface area contributed by atoms with E-state index in [1.807, 2.05) is 47.7 Å². The molecule has 0 bridgehead atoms. The van der Waals surface area contributed by atoms with Crippen LogP contribution in [0.5, 0.6) is 0 Å². The van der Waals surface area contributed by atoms with E-state index in [1.165, 1.54) is 38.7 Å². The van der Waals surface area contributed by atoms with E-state index < -0.39 is 5.41 Å². The van der Waals surface area contributed by atoms with E-state index in [9.17, 15) is 9.90 Å². The van der Waals surface area contributed by atoms with E-state index in [1.54, 1.807) is 0 Å². The van der Waals surface area contributed by atoms with Crippen LogP contribution in [0.4, 0.5) is 0 Å². The molecule has 0 unspecified atom stereocenters. The average Bonchev–Trinajstić information content (AvgIpc) is 2.77. The van der Waals surface area contributed by atoms with Gasteiger partial charge in [-0.25, -0.2) is 0 Å². The molecule has 1 aromatic heterocycles. The van der Waals surface area contributed by atoms with E-state index in [-0.39, 0.29) is 37.1 Å². The summed E-state index contributed by atoms with van der Waals surface area (Å²) in [5, 5.41) is 14.6. The Labute approximate surface area is 235 Å². The fourth-order valence-corrected chi connectivity index (χ4v) is 4.03. The molecule has 197 valence electrons. The van der Waals surface area contributed by atoms with Crippen molar-refractivity contribution in [3.8, 4) is 11.3 Å². The molecule has 3 aromatic carbocycles. The molecule has 4 aromatic rings. The van der Waals surface area contributed by atoms with E-state index in [0.717, 1.165) is 16.8 Å². The van der Waals surface area contributed by atoms with Gasteiger partial charge in [-0.2, -0.15) is 0 Å². The molecule has 0 fully saturated rings. The van der Waals surface area contributed by atoms with Crippen molar-refractivity contribution < 1.29 is 30.0 Å². The van der Waals surface area contributed by atoms with E-state index in [0.29, 0.717) is 0 Å². The van der Waals surface area contributed by atoms with Gasteiger partial charge in [-0.3, -0.25) is 4.79 Å². The summed E-state index contributed by atoms with van der Waals surface area (Å²) in [5.74, 6) is 0.104. The molecule has 1 heterocycles. The maximum atomic E-state index is 11.5. The zero-order valence-electron chi connectivity index (χ0n) is 23.4. The monoisotopic (exact) mass is 673 g/mol. The molecule has 1 radical (unpaired) electrons. The van der Waals surface area contributed by atoms with Crippen LogP contribution < -0.4 is 0 Å². The molecular formula is C33H38IrNO2-. The Bertz CT molecular complexity index is 1430. The van der Waals surface area contributed by atoms with Crippen molar-refractivity contribution in [1.29, 1.82) is 0 Å². The Morgan fingerprint density at radius 3 is 2.16 bits per heavy atom. The molecule has 3 nitrogen and oxygen atoms in total. The molecule has 4 heteroatoms. The number of hydrogen-bond acceptors (Lipinski definition) is 3. The summed E-state index contributed by atoms with van der Waals surface area (Å²) in [6.07, 6.45) is 3.25. The maximum absolute atomic E-state index is 11.5. The van der Waals surface area contributed by atoms with Crippen LogP contribution in [0.1, 0.15) is 58.2 Å². The zero-order chi connectivity index (χ0) is 26.8. The standard InChI is InChI=1S/C22H18N.C11H20O2.Ir/c1-14-11-15(2)13-18(12-14)22-20-8-7-17-6-4-5-16(3)21(17)19(20)9-10-23-22;1-10(2,3)8(12)7-9(13)11(4,5)6;/h4-12H,1-3H3;7,12H,1-6H3;/q-1;;/b;8-7-;. The maximum Gasteiger partial charge on any atom is 0.164 e. The van der Waals surface area contributed by atoms with Gasteiger partial charge in [0.15, 0.2) is 5.78 Å². The van der Waals surface area contributed by atoms with Gasteiger partial charge in [-0.05, 0) is 45.8 Å². The summed E-state index contributed by atoms with van der Waals surface area (Å²) in [5.41, 5.74) is 5.01. The number of aromatic nitrogens is 1. The molecule has 1 N–H and O–H groups in total. The van der Waals surface area contributed by atoms with Crippen LogP contribution in [0, 0.1) is 37.7 Å². The Morgan fingerprint density at radius 2 is 1.57 bits per heavy atom. The second-order valence-corrected chi connectivity index (χ2v) is 11.6. The van der Waals surface area contributed by atoms with Crippen LogP contribution in [-0.2, 0) is 24.9 Å². The second kappa shape index (κ2) is 11.7. The first-order valence-corrected chi connectivity index (χ1v) is 12.4. The Kier molecular flexibility index (Phi) is 9.63. The normalized spacial score (nSPS) is 12.1. The van der Waals surface area contributed by atoms with E-state index in [2.05, 4.69) is 80.4 Å². The van der Waals surface area contributed by atoms with Crippen LogP contribution >= 0.6 is 0 Å². The molecule has 37 heavy (non-hydrogen) atoms. The number of benzene rings is 3. The number of allylic oxidation sites excluding steroid dienone is 2. The fraction of sp³-hybridized carbons (Fsp3) is 0.333. The summed E-state index contributed by atoms with van der Waals surface area (Å²) in [4.78, 5) is 16.1. The van der Waals surface area contributed by atoms with Crippen molar-refractivity contribution in [2.45, 2.75) is 62.3 Å². The number of carbonyl (C=O) groups excluding carboxylic acids is 1. The first kappa shape index (κ1) is 30.4. The minimum absolute atomic E-state index is 0. The van der Waals surface area contributed by atoms with Gasteiger partial charge in [0.2, 0.25) is 0 Å². The van der Waals surface area contributed by atoms with Crippen LogP contribution in [0.3, 0.4) is 0 Å². The van der Waals surface area contributed by atoms with Crippen LogP contribution in [0.2, 0.25) is 0 Å². The molecule has 0 aliphatic rings. The predicted molar refractivity (Wildman–Crippen MR) is 152 cm³/mol. The molecule has 0 aliphatic carbocycles. The van der Waals surface area contributed by atoms with E-state index in [4.69, 9.17) is 0 Å². The summed E-state index contributed by atoms with van der Waals surface area (Å²) >= 11 is 0. The van der Waals surface area contributed by atoms with Gasteiger partial charge in [0.05, 0.1) is 0 Å². The molecule has 0 aliphatic heterocycles. The SMILES string of the molecule is CC(C)(C)C(=O)/C=C(\O)C(C)(C)C.Cc1[c-]c(-c2nccc3c2ccc2cccc(C)c23)cc(C)c1.[Ir]. The minimum Gasteiger partial charge on any atom is -0.512 e. The van der Waals surface area contributed by atoms with Crippen molar-refractivity contribution in [2.24, 2.45) is 10.8 Å². The van der Waals surface area contributed by atoms with Crippen molar-refractivity contribution in [3.05, 3.63) is 89.3 Å². The van der Waals surface area contributed by atoms with Crippen molar-refractivity contribution >= 4 is 27.3 Å². The van der Waals surface area contributed by atoms with Crippen molar-refractivity contribution in [3.63, 3.8) is 0 Å². The number of aliphatic hydroxyl groups is 1. The predicted octanol–water partition coefficient (Wildman–Crippen LogP) is 8.87. The molecular weight excluding hydrogens is 635 g/mol. The summed E-state index contributed by atoms with van der Waals surface area (Å²) in [6, 6.07) is 20.7. The Balaban J connectivity index is 0.000000299. The Morgan fingerprint density at radius 1 is 0.892 bits per heavy atom. The number of aliphatic hydroxyl groups excluding tert-OH is 1. The topological polar surface area (TPSA) is 50.2 Å². The van der Waals surface area contributed by atoms with Gasteiger partial charge in [0.1, 0.15) is 5.76 Å². The summed E-state index contributed by atoms with van der Waals surface area (Å²) in [6.45, 7) is 17.5. The number of pyridine rings is 1. The van der Waals surface area contributed by atoms with Crippen molar-refractivity contribution in [2.75, 3.05) is 0 Å². The number of fused-ring (bicyclic) bond motifs is 3.